The number of hydrogen-bond acceptors (Lipinski definition) is 0. The lowest BCUT2D eigenvalue weighted by atomic mass is 9.81. The Morgan fingerprint density at radius 3 is 2.05 bits per heavy atom. The fourth-order valence-corrected chi connectivity index (χ4v) is 5.16. The van der Waals surface area contributed by atoms with Gasteiger partial charge in [-0.3, -0.25) is 0 Å². The van der Waals surface area contributed by atoms with E-state index in [0.29, 0.717) is 5.41 Å². The molecule has 0 radical (unpaired) electrons. The van der Waals surface area contributed by atoms with Crippen molar-refractivity contribution in [2.24, 2.45) is 35.0 Å². The Labute approximate surface area is 135 Å². The fraction of sp³-hybridized carbons (Fsp3) is 1.00. The van der Waals surface area contributed by atoms with Crippen molar-refractivity contribution in [1.82, 2.24) is 0 Å². The minimum atomic E-state index is 0.664. The third kappa shape index (κ3) is 5.00. The van der Waals surface area contributed by atoms with Crippen molar-refractivity contribution in [3.05, 3.63) is 0 Å². The van der Waals surface area contributed by atoms with E-state index in [4.69, 9.17) is 0 Å². The van der Waals surface area contributed by atoms with Crippen molar-refractivity contribution in [1.29, 1.82) is 0 Å². The summed E-state index contributed by atoms with van der Waals surface area (Å²) in [6.45, 7) is 17.1. The summed E-state index contributed by atoms with van der Waals surface area (Å²) < 4.78 is 0. The Kier molecular flexibility index (Phi) is 7.79. The smallest absolute Gasteiger partial charge is 0.0264 e. The highest BCUT2D eigenvalue weighted by Crippen LogP contribution is 2.64. The van der Waals surface area contributed by atoms with Gasteiger partial charge in [0.25, 0.3) is 0 Å². The Morgan fingerprint density at radius 2 is 1.57 bits per heavy atom. The van der Waals surface area contributed by atoms with E-state index in [9.17, 15) is 0 Å². The molecule has 0 spiro atoms. The number of unbranched alkanes of at least 4 members (excludes halogenated alkanes) is 1. The van der Waals surface area contributed by atoms with Crippen LogP contribution in [0.4, 0.5) is 0 Å². The van der Waals surface area contributed by atoms with E-state index in [0.717, 1.165) is 29.6 Å². The van der Waals surface area contributed by atoms with Crippen molar-refractivity contribution >= 4 is 0 Å². The molecule has 1 saturated carbocycles. The predicted molar refractivity (Wildman–Crippen MR) is 96.5 cm³/mol. The third-order valence-corrected chi connectivity index (χ3v) is 6.72. The van der Waals surface area contributed by atoms with Crippen LogP contribution in [0.2, 0.25) is 0 Å². The van der Waals surface area contributed by atoms with Gasteiger partial charge in [-0.1, -0.05) is 93.4 Å². The first-order valence-electron chi connectivity index (χ1n) is 9.88. The van der Waals surface area contributed by atoms with Gasteiger partial charge in [0.05, 0.1) is 0 Å². The van der Waals surface area contributed by atoms with Crippen LogP contribution >= 0.6 is 0 Å². The summed E-state index contributed by atoms with van der Waals surface area (Å²) in [6.07, 6.45) is 11.4. The number of rotatable bonds is 11. The zero-order valence-electron chi connectivity index (χ0n) is 16.0. The fourth-order valence-electron chi connectivity index (χ4n) is 5.16. The molecule has 0 nitrogen and oxygen atoms in total. The Morgan fingerprint density at radius 1 is 0.905 bits per heavy atom. The maximum absolute atomic E-state index is 2.55. The molecule has 0 aliphatic heterocycles. The van der Waals surface area contributed by atoms with E-state index in [1.54, 1.807) is 0 Å². The Balaban J connectivity index is 2.33. The van der Waals surface area contributed by atoms with E-state index < -0.39 is 0 Å². The van der Waals surface area contributed by atoms with E-state index in [-0.39, 0.29) is 0 Å². The molecule has 0 amide bonds. The molecule has 0 aromatic rings. The lowest BCUT2D eigenvalue weighted by Gasteiger charge is -2.24. The summed E-state index contributed by atoms with van der Waals surface area (Å²) >= 11 is 0. The third-order valence-electron chi connectivity index (χ3n) is 6.72. The van der Waals surface area contributed by atoms with Gasteiger partial charge in [0.15, 0.2) is 0 Å². The molecule has 0 bridgehead atoms. The molecule has 21 heavy (non-hydrogen) atoms. The normalized spacial score (nSPS) is 31.4. The van der Waals surface area contributed by atoms with Gasteiger partial charge in [-0.15, -0.1) is 0 Å². The Bertz CT molecular complexity index is 280. The molecule has 0 aromatic heterocycles. The van der Waals surface area contributed by atoms with Gasteiger partial charge >= 0.3 is 0 Å². The minimum Gasteiger partial charge on any atom is -0.0654 e. The molecular formula is C21H42. The summed E-state index contributed by atoms with van der Waals surface area (Å²) in [6, 6.07) is 0. The van der Waals surface area contributed by atoms with Gasteiger partial charge < -0.3 is 0 Å². The van der Waals surface area contributed by atoms with Crippen LogP contribution < -0.4 is 0 Å². The average Bonchev–Trinajstić information content (AvgIpc) is 2.96. The molecule has 5 atom stereocenters. The van der Waals surface area contributed by atoms with Crippen molar-refractivity contribution in [2.75, 3.05) is 0 Å². The van der Waals surface area contributed by atoms with Crippen molar-refractivity contribution in [2.45, 2.75) is 99.8 Å². The molecular weight excluding hydrogens is 252 g/mol. The van der Waals surface area contributed by atoms with Crippen LogP contribution in [-0.4, -0.2) is 0 Å². The quantitative estimate of drug-likeness (QED) is 0.374. The second-order valence-electron chi connectivity index (χ2n) is 8.62. The summed E-state index contributed by atoms with van der Waals surface area (Å²) in [7, 11) is 0. The van der Waals surface area contributed by atoms with E-state index in [1.165, 1.54) is 51.4 Å². The lowest BCUT2D eigenvalue weighted by molar-refractivity contribution is 0.271. The molecule has 1 rings (SSSR count). The van der Waals surface area contributed by atoms with Gasteiger partial charge in [-0.25, -0.2) is 0 Å². The predicted octanol–water partition coefficient (Wildman–Crippen LogP) is 7.33. The molecule has 1 fully saturated rings. The molecule has 0 heteroatoms. The van der Waals surface area contributed by atoms with E-state index >= 15 is 0 Å². The van der Waals surface area contributed by atoms with Gasteiger partial charge in [0.2, 0.25) is 0 Å². The standard InChI is InChI=1S/C21H42/c1-8-10-14-19(12-9-2)17(5)13-11-15-21(7)18(6)20(21)16(3)4/h16-20H,8-15H2,1-7H3. The Hall–Kier alpha value is 0. The SMILES string of the molecule is CCCCC(CCC)C(C)CCCC1(C)C(C)C1C(C)C. The zero-order valence-corrected chi connectivity index (χ0v) is 16.0. The maximum Gasteiger partial charge on any atom is -0.0264 e. The van der Waals surface area contributed by atoms with Crippen LogP contribution in [0.1, 0.15) is 99.8 Å². The highest BCUT2D eigenvalue weighted by atomic mass is 14.6. The first-order valence-corrected chi connectivity index (χ1v) is 9.88. The van der Waals surface area contributed by atoms with E-state index in [1.807, 2.05) is 0 Å². The van der Waals surface area contributed by atoms with Crippen LogP contribution in [0.25, 0.3) is 0 Å². The second-order valence-corrected chi connectivity index (χ2v) is 8.62. The first-order chi connectivity index (χ1) is 9.88. The average molecular weight is 295 g/mol. The molecule has 0 saturated heterocycles. The summed E-state index contributed by atoms with van der Waals surface area (Å²) in [4.78, 5) is 0. The topological polar surface area (TPSA) is 0 Å². The maximum atomic E-state index is 2.55. The van der Waals surface area contributed by atoms with Crippen molar-refractivity contribution < 1.29 is 0 Å². The van der Waals surface area contributed by atoms with Gasteiger partial charge in [0, 0.05) is 0 Å². The molecule has 0 aromatic carbocycles. The van der Waals surface area contributed by atoms with Crippen molar-refractivity contribution in [3.63, 3.8) is 0 Å². The van der Waals surface area contributed by atoms with Crippen LogP contribution in [0.5, 0.6) is 0 Å². The summed E-state index contributed by atoms with van der Waals surface area (Å²) in [5.74, 6) is 4.74. The number of hydrogen-bond donors (Lipinski definition) is 0. The largest absolute Gasteiger partial charge is 0.0654 e. The van der Waals surface area contributed by atoms with E-state index in [2.05, 4.69) is 48.5 Å². The highest BCUT2D eigenvalue weighted by Gasteiger charge is 2.58. The van der Waals surface area contributed by atoms with Crippen molar-refractivity contribution in [3.8, 4) is 0 Å². The first kappa shape index (κ1) is 19.0. The van der Waals surface area contributed by atoms with Crippen LogP contribution in [0.15, 0.2) is 0 Å². The second kappa shape index (κ2) is 8.59. The van der Waals surface area contributed by atoms with Gasteiger partial charge in [-0.2, -0.15) is 0 Å². The summed E-state index contributed by atoms with van der Waals surface area (Å²) in [5.41, 5.74) is 0.664. The van der Waals surface area contributed by atoms with Crippen LogP contribution in [-0.2, 0) is 0 Å². The van der Waals surface area contributed by atoms with Gasteiger partial charge in [0.1, 0.15) is 0 Å². The monoisotopic (exact) mass is 294 g/mol. The molecule has 0 heterocycles. The van der Waals surface area contributed by atoms with Crippen LogP contribution in [0.3, 0.4) is 0 Å². The molecule has 126 valence electrons. The lowest BCUT2D eigenvalue weighted by Crippen LogP contribution is -2.13. The van der Waals surface area contributed by atoms with Gasteiger partial charge in [-0.05, 0) is 41.4 Å². The molecule has 1 aliphatic rings. The minimum absolute atomic E-state index is 0.664. The van der Waals surface area contributed by atoms with Crippen LogP contribution in [0, 0.1) is 35.0 Å². The molecule has 1 aliphatic carbocycles. The summed E-state index contributed by atoms with van der Waals surface area (Å²) in [5, 5.41) is 0. The zero-order chi connectivity index (χ0) is 16.0. The highest BCUT2D eigenvalue weighted by molar-refractivity contribution is 5.06. The molecule has 5 unspecified atom stereocenters. The molecule has 0 N–H and O–H groups in total.